The number of hydrogen-bond acceptors (Lipinski definition) is 4. The van der Waals surface area contributed by atoms with Crippen LogP contribution in [-0.4, -0.2) is 32.9 Å². The Bertz CT molecular complexity index is 555. The topological polar surface area (TPSA) is 41.9 Å². The van der Waals surface area contributed by atoms with Crippen molar-refractivity contribution >= 4 is 0 Å². The molecule has 1 atom stereocenters. The summed E-state index contributed by atoms with van der Waals surface area (Å²) in [4.78, 5) is 15.6. The second-order valence-corrected chi connectivity index (χ2v) is 5.59. The molecule has 1 aliphatic rings. The highest BCUT2D eigenvalue weighted by Gasteiger charge is 2.16. The van der Waals surface area contributed by atoms with E-state index in [4.69, 9.17) is 0 Å². The number of pyridine rings is 1. The zero-order chi connectivity index (χ0) is 13.8. The second kappa shape index (κ2) is 6.09. The third-order valence-corrected chi connectivity index (χ3v) is 3.78. The van der Waals surface area contributed by atoms with Gasteiger partial charge in [0.25, 0.3) is 0 Å². The van der Waals surface area contributed by atoms with Crippen LogP contribution >= 0.6 is 0 Å². The summed E-state index contributed by atoms with van der Waals surface area (Å²) in [5.41, 5.74) is 2.12. The Balaban J connectivity index is 1.74. The average Bonchev–Trinajstić information content (AvgIpc) is 2.48. The summed E-state index contributed by atoms with van der Waals surface area (Å²) < 4.78 is 0. The maximum Gasteiger partial charge on any atom is 0.159 e. The van der Waals surface area contributed by atoms with Gasteiger partial charge >= 0.3 is 0 Å². The van der Waals surface area contributed by atoms with E-state index in [1.54, 1.807) is 12.4 Å². The number of piperidine rings is 1. The van der Waals surface area contributed by atoms with Crippen LogP contribution < -0.4 is 0 Å². The maximum atomic E-state index is 4.68. The fraction of sp³-hybridized carbons (Fsp3) is 0.438. The summed E-state index contributed by atoms with van der Waals surface area (Å²) in [5, 5.41) is 0. The van der Waals surface area contributed by atoms with E-state index in [0.29, 0.717) is 0 Å². The third kappa shape index (κ3) is 3.20. The Labute approximate surface area is 119 Å². The van der Waals surface area contributed by atoms with Crippen LogP contribution in [0.1, 0.15) is 25.5 Å². The number of hydrogen-bond donors (Lipinski definition) is 0. The standard InChI is InChI=1S/C16H20N4/c1-13-3-2-10-20(11-13)12-15-6-9-18-16(19-15)14-4-7-17-8-5-14/h4-9,13H,2-3,10-12H2,1H3. The first-order valence-corrected chi connectivity index (χ1v) is 7.26. The first-order valence-electron chi connectivity index (χ1n) is 7.26. The van der Waals surface area contributed by atoms with Gasteiger partial charge in [0.05, 0.1) is 5.69 Å². The van der Waals surface area contributed by atoms with E-state index in [-0.39, 0.29) is 0 Å². The lowest BCUT2D eigenvalue weighted by Crippen LogP contribution is -2.34. The van der Waals surface area contributed by atoms with Gasteiger partial charge in [0.1, 0.15) is 0 Å². The highest BCUT2D eigenvalue weighted by molar-refractivity contribution is 5.53. The molecule has 4 nitrogen and oxygen atoms in total. The molecule has 4 heteroatoms. The van der Waals surface area contributed by atoms with Crippen LogP contribution in [0.25, 0.3) is 11.4 Å². The minimum absolute atomic E-state index is 0.787. The zero-order valence-corrected chi connectivity index (χ0v) is 11.9. The molecule has 0 N–H and O–H groups in total. The van der Waals surface area contributed by atoms with E-state index in [9.17, 15) is 0 Å². The Morgan fingerprint density at radius 3 is 2.85 bits per heavy atom. The predicted molar refractivity (Wildman–Crippen MR) is 78.9 cm³/mol. The Morgan fingerprint density at radius 2 is 2.05 bits per heavy atom. The van der Waals surface area contributed by atoms with E-state index in [1.165, 1.54) is 25.9 Å². The second-order valence-electron chi connectivity index (χ2n) is 5.59. The van der Waals surface area contributed by atoms with Gasteiger partial charge in [-0.2, -0.15) is 0 Å². The fourth-order valence-electron chi connectivity index (χ4n) is 2.78. The normalized spacial score (nSPS) is 19.9. The molecule has 104 valence electrons. The van der Waals surface area contributed by atoms with Crippen LogP contribution in [0.4, 0.5) is 0 Å². The van der Waals surface area contributed by atoms with Crippen molar-refractivity contribution in [2.45, 2.75) is 26.3 Å². The summed E-state index contributed by atoms with van der Waals surface area (Å²) in [6, 6.07) is 5.91. The molecule has 1 unspecified atom stereocenters. The van der Waals surface area contributed by atoms with E-state index < -0.39 is 0 Å². The third-order valence-electron chi connectivity index (χ3n) is 3.78. The molecule has 0 radical (unpaired) electrons. The quantitative estimate of drug-likeness (QED) is 0.858. The van der Waals surface area contributed by atoms with Crippen molar-refractivity contribution in [3.8, 4) is 11.4 Å². The van der Waals surface area contributed by atoms with Gasteiger partial charge in [0.15, 0.2) is 5.82 Å². The lowest BCUT2D eigenvalue weighted by Gasteiger charge is -2.30. The first kappa shape index (κ1) is 13.2. The van der Waals surface area contributed by atoms with Crippen LogP contribution in [0.15, 0.2) is 36.8 Å². The van der Waals surface area contributed by atoms with Gasteiger partial charge in [-0.3, -0.25) is 9.88 Å². The molecular weight excluding hydrogens is 248 g/mol. The number of nitrogens with zero attached hydrogens (tertiary/aromatic N) is 4. The molecular formula is C16H20N4. The van der Waals surface area contributed by atoms with Gasteiger partial charge < -0.3 is 0 Å². The molecule has 0 saturated carbocycles. The van der Waals surface area contributed by atoms with Crippen molar-refractivity contribution in [3.05, 3.63) is 42.5 Å². The molecule has 1 fully saturated rings. The maximum absolute atomic E-state index is 4.68. The van der Waals surface area contributed by atoms with Crippen molar-refractivity contribution < 1.29 is 0 Å². The fourth-order valence-corrected chi connectivity index (χ4v) is 2.78. The molecule has 1 aliphatic heterocycles. The molecule has 3 heterocycles. The lowest BCUT2D eigenvalue weighted by molar-refractivity contribution is 0.175. The van der Waals surface area contributed by atoms with Crippen LogP contribution in [0.5, 0.6) is 0 Å². The summed E-state index contributed by atoms with van der Waals surface area (Å²) >= 11 is 0. The van der Waals surface area contributed by atoms with Crippen molar-refractivity contribution in [2.24, 2.45) is 5.92 Å². The van der Waals surface area contributed by atoms with E-state index in [0.717, 1.165) is 29.5 Å². The minimum Gasteiger partial charge on any atom is -0.297 e. The Hall–Kier alpha value is -1.81. The molecule has 0 amide bonds. The lowest BCUT2D eigenvalue weighted by atomic mass is 10.0. The Morgan fingerprint density at radius 1 is 1.20 bits per heavy atom. The summed E-state index contributed by atoms with van der Waals surface area (Å²) in [7, 11) is 0. The molecule has 3 rings (SSSR count). The molecule has 2 aromatic rings. The summed E-state index contributed by atoms with van der Waals surface area (Å²) in [6.07, 6.45) is 8.05. The molecule has 0 aromatic carbocycles. The van der Waals surface area contributed by atoms with Crippen molar-refractivity contribution in [1.82, 2.24) is 19.9 Å². The molecule has 0 bridgehead atoms. The monoisotopic (exact) mass is 268 g/mol. The van der Waals surface area contributed by atoms with Crippen LogP contribution in [0.3, 0.4) is 0 Å². The minimum atomic E-state index is 0.787. The zero-order valence-electron chi connectivity index (χ0n) is 11.9. The number of rotatable bonds is 3. The van der Waals surface area contributed by atoms with Gasteiger partial charge in [0.2, 0.25) is 0 Å². The van der Waals surface area contributed by atoms with Crippen molar-refractivity contribution in [1.29, 1.82) is 0 Å². The van der Waals surface area contributed by atoms with E-state index >= 15 is 0 Å². The molecule has 20 heavy (non-hydrogen) atoms. The van der Waals surface area contributed by atoms with E-state index in [2.05, 4.69) is 26.8 Å². The number of aromatic nitrogens is 3. The molecule has 0 aliphatic carbocycles. The van der Waals surface area contributed by atoms with Gasteiger partial charge in [0, 0.05) is 37.2 Å². The first-order chi connectivity index (χ1) is 9.81. The van der Waals surface area contributed by atoms with Crippen molar-refractivity contribution in [2.75, 3.05) is 13.1 Å². The SMILES string of the molecule is CC1CCCN(Cc2ccnc(-c3ccncc3)n2)C1. The molecule has 0 spiro atoms. The largest absolute Gasteiger partial charge is 0.297 e. The predicted octanol–water partition coefficient (Wildman–Crippen LogP) is 2.77. The van der Waals surface area contributed by atoms with Crippen LogP contribution in [0, 0.1) is 5.92 Å². The van der Waals surface area contributed by atoms with Crippen LogP contribution in [0.2, 0.25) is 0 Å². The van der Waals surface area contributed by atoms with Crippen molar-refractivity contribution in [3.63, 3.8) is 0 Å². The van der Waals surface area contributed by atoms with Gasteiger partial charge in [-0.05, 0) is 43.5 Å². The Kier molecular flexibility index (Phi) is 4.02. The van der Waals surface area contributed by atoms with Gasteiger partial charge in [-0.1, -0.05) is 6.92 Å². The van der Waals surface area contributed by atoms with E-state index in [1.807, 2.05) is 24.4 Å². The highest BCUT2D eigenvalue weighted by Crippen LogP contribution is 2.18. The molecule has 1 saturated heterocycles. The van der Waals surface area contributed by atoms with Gasteiger partial charge in [-0.15, -0.1) is 0 Å². The molecule has 2 aromatic heterocycles. The van der Waals surface area contributed by atoms with Gasteiger partial charge in [-0.25, -0.2) is 9.97 Å². The number of likely N-dealkylation sites (tertiary alicyclic amines) is 1. The average molecular weight is 268 g/mol. The summed E-state index contributed by atoms with van der Waals surface area (Å²) in [5.74, 6) is 1.58. The smallest absolute Gasteiger partial charge is 0.159 e. The highest BCUT2D eigenvalue weighted by atomic mass is 15.1. The summed E-state index contributed by atoms with van der Waals surface area (Å²) in [6.45, 7) is 5.60. The van der Waals surface area contributed by atoms with Crippen LogP contribution in [-0.2, 0) is 6.54 Å².